The number of carboxylic acid groups (broad SMARTS) is 1. The number of carbonyl (C=O) groups excluding carboxylic acids is 1. The van der Waals surface area contributed by atoms with Crippen molar-refractivity contribution in [3.8, 4) is 0 Å². The molecular weight excluding hydrogens is 220 g/mol. The van der Waals surface area contributed by atoms with E-state index in [-0.39, 0.29) is 24.3 Å². The fourth-order valence-electron chi connectivity index (χ4n) is 2.07. The van der Waals surface area contributed by atoms with Crippen LogP contribution in [0.25, 0.3) is 0 Å². The third-order valence-corrected chi connectivity index (χ3v) is 3.08. The molecule has 0 aliphatic carbocycles. The highest BCUT2D eigenvalue weighted by Crippen LogP contribution is 2.10. The Kier molecular flexibility index (Phi) is 5.97. The number of aliphatic carboxylic acids is 1. The van der Waals surface area contributed by atoms with Gasteiger partial charge in [0, 0.05) is 19.0 Å². The van der Waals surface area contributed by atoms with E-state index in [0.29, 0.717) is 6.42 Å². The van der Waals surface area contributed by atoms with Gasteiger partial charge < -0.3 is 15.7 Å². The normalized spacial score (nSPS) is 21.8. The molecule has 2 atom stereocenters. The highest BCUT2D eigenvalue weighted by molar-refractivity contribution is 5.79. The van der Waals surface area contributed by atoms with E-state index < -0.39 is 5.97 Å². The predicted molar refractivity (Wildman–Crippen MR) is 64.7 cm³/mol. The second-order valence-electron chi connectivity index (χ2n) is 4.74. The van der Waals surface area contributed by atoms with Crippen molar-refractivity contribution in [2.45, 2.75) is 45.1 Å². The van der Waals surface area contributed by atoms with E-state index in [0.717, 1.165) is 32.4 Å². The SMILES string of the molecule is CC(CCCC(=O)O)NC(=O)[C@@H]1CCCNC1. The van der Waals surface area contributed by atoms with Crippen molar-refractivity contribution in [2.75, 3.05) is 13.1 Å². The zero-order valence-corrected chi connectivity index (χ0v) is 10.4. The molecule has 0 aromatic heterocycles. The zero-order valence-electron chi connectivity index (χ0n) is 10.4. The first-order valence-electron chi connectivity index (χ1n) is 6.32. The number of carboxylic acids is 1. The van der Waals surface area contributed by atoms with Crippen molar-refractivity contribution < 1.29 is 14.7 Å². The van der Waals surface area contributed by atoms with Crippen molar-refractivity contribution >= 4 is 11.9 Å². The lowest BCUT2D eigenvalue weighted by molar-refractivity contribution is -0.137. The van der Waals surface area contributed by atoms with Gasteiger partial charge in [0.15, 0.2) is 0 Å². The Morgan fingerprint density at radius 1 is 1.53 bits per heavy atom. The van der Waals surface area contributed by atoms with Crippen LogP contribution < -0.4 is 10.6 Å². The second-order valence-corrected chi connectivity index (χ2v) is 4.74. The van der Waals surface area contributed by atoms with Gasteiger partial charge in [-0.2, -0.15) is 0 Å². The molecule has 0 aromatic carbocycles. The summed E-state index contributed by atoms with van der Waals surface area (Å²) in [6, 6.07) is 0.0591. The molecule has 1 saturated heterocycles. The molecule has 0 saturated carbocycles. The molecule has 0 bridgehead atoms. The van der Waals surface area contributed by atoms with E-state index >= 15 is 0 Å². The summed E-state index contributed by atoms with van der Waals surface area (Å²) in [5.41, 5.74) is 0. The van der Waals surface area contributed by atoms with Crippen LogP contribution in [0.15, 0.2) is 0 Å². The monoisotopic (exact) mass is 242 g/mol. The van der Waals surface area contributed by atoms with Crippen molar-refractivity contribution in [1.29, 1.82) is 0 Å². The highest BCUT2D eigenvalue weighted by Gasteiger charge is 2.21. The molecule has 1 aliphatic rings. The van der Waals surface area contributed by atoms with Gasteiger partial charge in [0.1, 0.15) is 0 Å². The van der Waals surface area contributed by atoms with E-state index in [2.05, 4.69) is 10.6 Å². The average Bonchev–Trinajstić information content (AvgIpc) is 2.29. The number of amides is 1. The number of hydrogen-bond acceptors (Lipinski definition) is 3. The first kappa shape index (κ1) is 14.0. The summed E-state index contributed by atoms with van der Waals surface area (Å²) < 4.78 is 0. The van der Waals surface area contributed by atoms with Gasteiger partial charge in [-0.15, -0.1) is 0 Å². The summed E-state index contributed by atoms with van der Waals surface area (Å²) in [5.74, 6) is -0.606. The van der Waals surface area contributed by atoms with Crippen LogP contribution >= 0.6 is 0 Å². The minimum Gasteiger partial charge on any atom is -0.481 e. The largest absolute Gasteiger partial charge is 0.481 e. The van der Waals surface area contributed by atoms with Gasteiger partial charge >= 0.3 is 5.97 Å². The second kappa shape index (κ2) is 7.27. The van der Waals surface area contributed by atoms with E-state index in [1.54, 1.807) is 0 Å². The van der Waals surface area contributed by atoms with Gasteiger partial charge in [-0.1, -0.05) is 0 Å². The lowest BCUT2D eigenvalue weighted by Crippen LogP contribution is -2.43. The molecule has 17 heavy (non-hydrogen) atoms. The predicted octanol–water partition coefficient (Wildman–Crippen LogP) is 0.746. The fourth-order valence-corrected chi connectivity index (χ4v) is 2.07. The van der Waals surface area contributed by atoms with E-state index in [1.165, 1.54) is 0 Å². The number of rotatable bonds is 6. The molecule has 0 aromatic rings. The van der Waals surface area contributed by atoms with E-state index in [1.807, 2.05) is 6.92 Å². The maximum Gasteiger partial charge on any atom is 0.303 e. The molecule has 1 fully saturated rings. The van der Waals surface area contributed by atoms with Crippen LogP contribution in [0.1, 0.15) is 39.0 Å². The zero-order chi connectivity index (χ0) is 12.7. The maximum absolute atomic E-state index is 11.8. The highest BCUT2D eigenvalue weighted by atomic mass is 16.4. The summed E-state index contributed by atoms with van der Waals surface area (Å²) >= 11 is 0. The minimum atomic E-state index is -0.778. The van der Waals surface area contributed by atoms with Gasteiger partial charge in [-0.05, 0) is 39.2 Å². The molecule has 98 valence electrons. The van der Waals surface area contributed by atoms with Crippen molar-refractivity contribution in [1.82, 2.24) is 10.6 Å². The Balaban J connectivity index is 2.18. The van der Waals surface area contributed by atoms with Gasteiger partial charge in [0.25, 0.3) is 0 Å². The molecule has 0 radical (unpaired) electrons. The van der Waals surface area contributed by atoms with Gasteiger partial charge in [-0.25, -0.2) is 0 Å². The first-order chi connectivity index (χ1) is 8.09. The molecule has 1 heterocycles. The Hall–Kier alpha value is -1.10. The molecule has 5 heteroatoms. The van der Waals surface area contributed by atoms with Gasteiger partial charge in [0.2, 0.25) is 5.91 Å². The van der Waals surface area contributed by atoms with Crippen molar-refractivity contribution in [3.05, 3.63) is 0 Å². The average molecular weight is 242 g/mol. The van der Waals surface area contributed by atoms with Crippen LogP contribution in [0, 0.1) is 5.92 Å². The molecule has 5 nitrogen and oxygen atoms in total. The Morgan fingerprint density at radius 3 is 2.88 bits per heavy atom. The molecule has 1 unspecified atom stereocenters. The van der Waals surface area contributed by atoms with Crippen LogP contribution in [-0.2, 0) is 9.59 Å². The quantitative estimate of drug-likeness (QED) is 0.642. The summed E-state index contributed by atoms with van der Waals surface area (Å²) in [5, 5.41) is 14.7. The summed E-state index contributed by atoms with van der Waals surface area (Å²) in [6.45, 7) is 3.68. The van der Waals surface area contributed by atoms with E-state index in [4.69, 9.17) is 5.11 Å². The summed E-state index contributed by atoms with van der Waals surface area (Å²) in [7, 11) is 0. The molecular formula is C12H22N2O3. The lowest BCUT2D eigenvalue weighted by atomic mass is 9.98. The standard InChI is InChI=1S/C12H22N2O3/c1-9(4-2-6-11(15)16)14-12(17)10-5-3-7-13-8-10/h9-10,13H,2-8H2,1H3,(H,14,17)(H,15,16)/t9?,10-/m1/s1. The fraction of sp³-hybridized carbons (Fsp3) is 0.833. The van der Waals surface area contributed by atoms with Crippen molar-refractivity contribution in [3.63, 3.8) is 0 Å². The number of nitrogens with one attached hydrogen (secondary N) is 2. The maximum atomic E-state index is 11.8. The van der Waals surface area contributed by atoms with Gasteiger partial charge in [0.05, 0.1) is 5.92 Å². The smallest absolute Gasteiger partial charge is 0.303 e. The lowest BCUT2D eigenvalue weighted by Gasteiger charge is -2.24. The summed E-state index contributed by atoms with van der Waals surface area (Å²) in [4.78, 5) is 22.2. The molecule has 1 aliphatic heterocycles. The summed E-state index contributed by atoms with van der Waals surface area (Å²) in [6.07, 6.45) is 3.50. The van der Waals surface area contributed by atoms with Gasteiger partial charge in [-0.3, -0.25) is 9.59 Å². The number of piperidine rings is 1. The molecule has 3 N–H and O–H groups in total. The van der Waals surface area contributed by atoms with Crippen LogP contribution in [0.2, 0.25) is 0 Å². The van der Waals surface area contributed by atoms with Crippen LogP contribution in [0.5, 0.6) is 0 Å². The van der Waals surface area contributed by atoms with E-state index in [9.17, 15) is 9.59 Å². The Bertz CT molecular complexity index is 262. The van der Waals surface area contributed by atoms with Crippen molar-refractivity contribution in [2.24, 2.45) is 5.92 Å². The van der Waals surface area contributed by atoms with Crippen LogP contribution in [0.4, 0.5) is 0 Å². The molecule has 1 amide bonds. The minimum absolute atomic E-state index is 0.0591. The topological polar surface area (TPSA) is 78.4 Å². The molecule has 0 spiro atoms. The third-order valence-electron chi connectivity index (χ3n) is 3.08. The number of carbonyl (C=O) groups is 2. The Morgan fingerprint density at radius 2 is 2.29 bits per heavy atom. The number of hydrogen-bond donors (Lipinski definition) is 3. The Labute approximate surface area is 102 Å². The van der Waals surface area contributed by atoms with Crippen LogP contribution in [0.3, 0.4) is 0 Å². The molecule has 1 rings (SSSR count). The third kappa shape index (κ3) is 5.68. The van der Waals surface area contributed by atoms with Crippen LogP contribution in [-0.4, -0.2) is 36.1 Å². The first-order valence-corrected chi connectivity index (χ1v) is 6.32.